The van der Waals surface area contributed by atoms with E-state index in [0.29, 0.717) is 23.2 Å². The normalized spacial score (nSPS) is 13.9. The van der Waals surface area contributed by atoms with Crippen molar-refractivity contribution in [1.82, 2.24) is 10.0 Å². The lowest BCUT2D eigenvalue weighted by atomic mass is 10.2. The maximum absolute atomic E-state index is 12.4. The first-order valence-corrected chi connectivity index (χ1v) is 11.5. The molecule has 0 aliphatic heterocycles. The SMILES string of the molecule is O=C(NCCCCOc1ccccc1)c1cc(S(=O)(=O)NC2CC2)ccc1Br. The van der Waals surface area contributed by atoms with Crippen LogP contribution in [0.2, 0.25) is 0 Å². The Kier molecular flexibility index (Phi) is 7.09. The molecule has 0 heterocycles. The molecule has 2 aromatic carbocycles. The van der Waals surface area contributed by atoms with E-state index in [1.807, 2.05) is 30.3 Å². The summed E-state index contributed by atoms with van der Waals surface area (Å²) in [4.78, 5) is 12.5. The van der Waals surface area contributed by atoms with Crippen LogP contribution in [0.4, 0.5) is 0 Å². The van der Waals surface area contributed by atoms with Gasteiger partial charge in [0.2, 0.25) is 10.0 Å². The molecule has 0 unspecified atom stereocenters. The Balaban J connectivity index is 1.47. The third kappa shape index (κ3) is 6.05. The number of rotatable bonds is 10. The molecule has 0 spiro atoms. The minimum atomic E-state index is -3.60. The van der Waals surface area contributed by atoms with E-state index in [-0.39, 0.29) is 16.8 Å². The van der Waals surface area contributed by atoms with Crippen molar-refractivity contribution in [2.45, 2.75) is 36.6 Å². The van der Waals surface area contributed by atoms with E-state index in [2.05, 4.69) is 26.0 Å². The highest BCUT2D eigenvalue weighted by atomic mass is 79.9. The molecule has 0 saturated heterocycles. The van der Waals surface area contributed by atoms with E-state index in [4.69, 9.17) is 4.74 Å². The zero-order chi connectivity index (χ0) is 20.0. The number of carbonyl (C=O) groups is 1. The lowest BCUT2D eigenvalue weighted by Crippen LogP contribution is -2.27. The number of hydrogen-bond donors (Lipinski definition) is 2. The highest BCUT2D eigenvalue weighted by molar-refractivity contribution is 9.10. The predicted octanol–water partition coefficient (Wildman–Crippen LogP) is 3.48. The van der Waals surface area contributed by atoms with Crippen LogP contribution in [-0.4, -0.2) is 33.5 Å². The van der Waals surface area contributed by atoms with Crippen LogP contribution in [0.5, 0.6) is 5.75 Å². The molecule has 1 aliphatic carbocycles. The van der Waals surface area contributed by atoms with Gasteiger partial charge in [-0.15, -0.1) is 0 Å². The minimum absolute atomic E-state index is 0.0176. The summed E-state index contributed by atoms with van der Waals surface area (Å²) in [6.45, 7) is 1.06. The van der Waals surface area contributed by atoms with Crippen molar-refractivity contribution in [2.75, 3.05) is 13.2 Å². The van der Waals surface area contributed by atoms with Crippen molar-refractivity contribution >= 4 is 31.9 Å². The Morgan fingerprint density at radius 2 is 1.86 bits per heavy atom. The third-order valence-electron chi connectivity index (χ3n) is 4.26. The second-order valence-electron chi connectivity index (χ2n) is 6.66. The van der Waals surface area contributed by atoms with E-state index >= 15 is 0 Å². The number of benzene rings is 2. The van der Waals surface area contributed by atoms with Crippen LogP contribution in [0.25, 0.3) is 0 Å². The summed E-state index contributed by atoms with van der Waals surface area (Å²) in [5.74, 6) is 0.521. The Bertz CT molecular complexity index is 915. The van der Waals surface area contributed by atoms with Crippen LogP contribution >= 0.6 is 15.9 Å². The zero-order valence-electron chi connectivity index (χ0n) is 15.4. The molecule has 1 amide bonds. The second kappa shape index (κ2) is 9.54. The minimum Gasteiger partial charge on any atom is -0.494 e. The van der Waals surface area contributed by atoms with Crippen molar-refractivity contribution in [3.05, 3.63) is 58.6 Å². The first kappa shape index (κ1) is 20.8. The molecule has 1 fully saturated rings. The van der Waals surface area contributed by atoms with Crippen molar-refractivity contribution in [3.63, 3.8) is 0 Å². The predicted molar refractivity (Wildman–Crippen MR) is 111 cm³/mol. The molecule has 28 heavy (non-hydrogen) atoms. The summed E-state index contributed by atoms with van der Waals surface area (Å²) >= 11 is 3.32. The van der Waals surface area contributed by atoms with Gasteiger partial charge in [-0.25, -0.2) is 13.1 Å². The molecule has 2 aromatic rings. The summed E-state index contributed by atoms with van der Waals surface area (Å²) in [6, 6.07) is 14.1. The van der Waals surface area contributed by atoms with Crippen molar-refractivity contribution in [2.24, 2.45) is 0 Å². The van der Waals surface area contributed by atoms with Crippen LogP contribution in [0, 0.1) is 0 Å². The largest absolute Gasteiger partial charge is 0.494 e. The number of nitrogens with one attached hydrogen (secondary N) is 2. The van der Waals surface area contributed by atoms with Gasteiger partial charge in [-0.3, -0.25) is 4.79 Å². The fraction of sp³-hybridized carbons (Fsp3) is 0.350. The highest BCUT2D eigenvalue weighted by Gasteiger charge is 2.28. The van der Waals surface area contributed by atoms with Gasteiger partial charge in [0.25, 0.3) is 5.91 Å². The van der Waals surface area contributed by atoms with Gasteiger partial charge in [0.1, 0.15) is 5.75 Å². The standard InChI is InChI=1S/C20H23BrN2O4S/c21-19-11-10-17(28(25,26)23-15-8-9-15)14-18(19)20(24)22-12-4-5-13-27-16-6-2-1-3-7-16/h1-3,6-7,10-11,14-15,23H,4-5,8-9,12-13H2,(H,22,24). The lowest BCUT2D eigenvalue weighted by Gasteiger charge is -2.10. The number of para-hydroxylation sites is 1. The van der Waals surface area contributed by atoms with Crippen LogP contribution in [-0.2, 0) is 10.0 Å². The molecule has 0 radical (unpaired) electrons. The molecule has 0 aromatic heterocycles. The van der Waals surface area contributed by atoms with E-state index in [9.17, 15) is 13.2 Å². The summed E-state index contributed by atoms with van der Waals surface area (Å²) in [5.41, 5.74) is 0.305. The van der Waals surface area contributed by atoms with Gasteiger partial charge in [0, 0.05) is 17.1 Å². The second-order valence-corrected chi connectivity index (χ2v) is 9.23. The Labute approximate surface area is 173 Å². The number of unbranched alkanes of at least 4 members (excludes halogenated alkanes) is 1. The highest BCUT2D eigenvalue weighted by Crippen LogP contribution is 2.25. The molecule has 1 aliphatic rings. The third-order valence-corrected chi connectivity index (χ3v) is 6.47. The smallest absolute Gasteiger partial charge is 0.252 e. The number of halogens is 1. The maximum Gasteiger partial charge on any atom is 0.252 e. The molecule has 0 atom stereocenters. The monoisotopic (exact) mass is 466 g/mol. The quantitative estimate of drug-likeness (QED) is 0.524. The lowest BCUT2D eigenvalue weighted by molar-refractivity contribution is 0.0951. The molecule has 6 nitrogen and oxygen atoms in total. The van der Waals surface area contributed by atoms with Crippen LogP contribution in [0.1, 0.15) is 36.0 Å². The van der Waals surface area contributed by atoms with Crippen molar-refractivity contribution < 1.29 is 17.9 Å². The first-order valence-electron chi connectivity index (χ1n) is 9.23. The average molecular weight is 467 g/mol. The van der Waals surface area contributed by atoms with E-state index in [0.717, 1.165) is 31.4 Å². The number of ether oxygens (including phenoxy) is 1. The average Bonchev–Trinajstić information content (AvgIpc) is 3.48. The number of amides is 1. The molecule has 3 rings (SSSR count). The molecular weight excluding hydrogens is 444 g/mol. The van der Waals surface area contributed by atoms with Gasteiger partial charge >= 0.3 is 0 Å². The summed E-state index contributed by atoms with van der Waals surface area (Å²) < 4.78 is 33.5. The van der Waals surface area contributed by atoms with Gasteiger partial charge < -0.3 is 10.1 Å². The Morgan fingerprint density at radius 3 is 2.57 bits per heavy atom. The van der Waals surface area contributed by atoms with Crippen molar-refractivity contribution in [1.29, 1.82) is 0 Å². The van der Waals surface area contributed by atoms with E-state index in [1.54, 1.807) is 6.07 Å². The molecule has 1 saturated carbocycles. The first-order chi connectivity index (χ1) is 13.5. The van der Waals surface area contributed by atoms with Gasteiger partial charge in [-0.05, 0) is 71.9 Å². The maximum atomic E-state index is 12.4. The fourth-order valence-electron chi connectivity index (χ4n) is 2.57. The van der Waals surface area contributed by atoms with E-state index in [1.165, 1.54) is 12.1 Å². The van der Waals surface area contributed by atoms with Crippen LogP contribution in [0.15, 0.2) is 57.9 Å². The van der Waals surface area contributed by atoms with Crippen LogP contribution in [0.3, 0.4) is 0 Å². The zero-order valence-corrected chi connectivity index (χ0v) is 17.8. The topological polar surface area (TPSA) is 84.5 Å². The van der Waals surface area contributed by atoms with Crippen molar-refractivity contribution in [3.8, 4) is 5.75 Å². The summed E-state index contributed by atoms with van der Waals surface area (Å²) in [6.07, 6.45) is 3.28. The molecule has 0 bridgehead atoms. The summed E-state index contributed by atoms with van der Waals surface area (Å²) in [5, 5.41) is 2.83. The van der Waals surface area contributed by atoms with Gasteiger partial charge in [0.15, 0.2) is 0 Å². The molecule has 150 valence electrons. The van der Waals surface area contributed by atoms with Gasteiger partial charge in [0.05, 0.1) is 17.1 Å². The van der Waals surface area contributed by atoms with Gasteiger partial charge in [-0.1, -0.05) is 18.2 Å². The number of sulfonamides is 1. The Hall–Kier alpha value is -1.90. The number of carbonyl (C=O) groups excluding carboxylic acids is 1. The number of hydrogen-bond acceptors (Lipinski definition) is 4. The summed E-state index contributed by atoms with van der Waals surface area (Å²) in [7, 11) is -3.60. The van der Waals surface area contributed by atoms with Crippen LogP contribution < -0.4 is 14.8 Å². The van der Waals surface area contributed by atoms with E-state index < -0.39 is 10.0 Å². The fourth-order valence-corrected chi connectivity index (χ4v) is 4.32. The van der Waals surface area contributed by atoms with Gasteiger partial charge in [-0.2, -0.15) is 0 Å². The molecule has 2 N–H and O–H groups in total. The molecule has 8 heteroatoms. The Morgan fingerprint density at radius 1 is 1.11 bits per heavy atom. The molecular formula is C20H23BrN2O4S.